The monoisotopic (exact) mass is 901 g/mol. The molecule has 0 saturated heterocycles. The van der Waals surface area contributed by atoms with E-state index in [1.54, 1.807) is 0 Å². The molecule has 7 aromatic rings. The summed E-state index contributed by atoms with van der Waals surface area (Å²) in [5.41, 5.74) is 12.6. The number of anilines is 3. The van der Waals surface area contributed by atoms with Crippen LogP contribution in [0.3, 0.4) is 0 Å². The summed E-state index contributed by atoms with van der Waals surface area (Å²) >= 11 is 2.42. The quantitative estimate of drug-likeness (QED) is 0.161. The normalized spacial score (nSPS) is 17.1. The van der Waals surface area contributed by atoms with Crippen LogP contribution in [0, 0.1) is 28.3 Å². The molecule has 0 amide bonds. The number of aromatic nitrogens is 3. The Kier molecular flexibility index (Phi) is 7.95. The minimum Gasteiger partial charge on any atom is -0.0582 e. The number of aryl methyl sites for hydroxylation is 1. The first-order chi connectivity index (χ1) is 26.1. The maximum atomic E-state index is 6.70. The van der Waals surface area contributed by atoms with E-state index < -0.39 is 0 Å². The Morgan fingerprint density at radius 2 is 1.31 bits per heavy atom. The van der Waals surface area contributed by atoms with Gasteiger partial charge in [0.05, 0.1) is 0 Å². The molecule has 0 atom stereocenters. The molecule has 0 N–H and O–H groups in total. The molecule has 1 aliphatic heterocycles. The van der Waals surface area contributed by atoms with Crippen LogP contribution in [-0.4, -0.2) is 14.1 Å². The summed E-state index contributed by atoms with van der Waals surface area (Å²) < 4.78 is 12.3. The topological polar surface area (TPSA) is 35.2 Å². The van der Waals surface area contributed by atoms with Crippen LogP contribution in [0.4, 0.5) is 17.2 Å². The van der Waals surface area contributed by atoms with Gasteiger partial charge < -0.3 is 0 Å². The van der Waals surface area contributed by atoms with Gasteiger partial charge in [0.25, 0.3) is 0 Å². The predicted octanol–water partition coefficient (Wildman–Crippen LogP) is 12.3. The van der Waals surface area contributed by atoms with Crippen LogP contribution in [0.2, 0.25) is 0 Å². The number of pyridine rings is 1. The van der Waals surface area contributed by atoms with Crippen molar-refractivity contribution in [3.05, 3.63) is 159 Å². The molecule has 0 bridgehead atoms. The van der Waals surface area contributed by atoms with Gasteiger partial charge in [-0.25, -0.2) is 0 Å². The Hall–Kier alpha value is -4.99. The number of imidazole rings is 1. The second kappa shape index (κ2) is 12.3. The Labute approximate surface area is 335 Å². The molecule has 0 radical (unpaired) electrons. The number of hydrogen-bond acceptors (Lipinski definition) is 3. The molecule has 6 heteroatoms. The molecule has 2 aromatic heterocycles. The van der Waals surface area contributed by atoms with Crippen molar-refractivity contribution in [3.63, 3.8) is 0 Å². The second-order valence-corrected chi connectivity index (χ2v) is 18.2. The molecule has 280 valence electrons. The van der Waals surface area contributed by atoms with Crippen LogP contribution in [0.1, 0.15) is 83.2 Å². The molecule has 0 fully saturated rings. The van der Waals surface area contributed by atoms with Crippen LogP contribution < -0.4 is 9.64 Å². The van der Waals surface area contributed by atoms with Gasteiger partial charge in [0.15, 0.2) is 0 Å². The van der Waals surface area contributed by atoms with Crippen molar-refractivity contribution in [2.24, 2.45) is 5.41 Å². The van der Waals surface area contributed by atoms with Gasteiger partial charge >= 0.3 is 238 Å². The average molecular weight is 902 g/mol. The van der Waals surface area contributed by atoms with Gasteiger partial charge in [-0.1, -0.05) is 47.6 Å². The zero-order chi connectivity index (χ0) is 38.7. The van der Waals surface area contributed by atoms with Gasteiger partial charge in [-0.2, -0.15) is 0 Å². The molecule has 0 spiro atoms. The molecular weight excluding hydrogens is 856 g/mol. The van der Waals surface area contributed by atoms with Gasteiger partial charge in [0, 0.05) is 6.20 Å². The van der Waals surface area contributed by atoms with Crippen LogP contribution in [0.25, 0.3) is 22.4 Å². The van der Waals surface area contributed by atoms with Crippen LogP contribution in [0.5, 0.6) is 11.5 Å². The molecule has 9 rings (SSSR count). The van der Waals surface area contributed by atoms with E-state index in [9.17, 15) is 0 Å². The molecule has 5 aromatic carbocycles. The Morgan fingerprint density at radius 3 is 2.04 bits per heavy atom. The van der Waals surface area contributed by atoms with Crippen molar-refractivity contribution in [1.29, 1.82) is 0 Å². The van der Waals surface area contributed by atoms with Crippen molar-refractivity contribution in [3.8, 4) is 22.9 Å². The third-order valence-corrected chi connectivity index (χ3v) is 14.3. The average Bonchev–Trinajstić information content (AvgIpc) is 3.50. The smallest absolute Gasteiger partial charge is 0.0582 e. The van der Waals surface area contributed by atoms with Gasteiger partial charge in [-0.05, 0) is 45.9 Å². The first-order valence-electron chi connectivity index (χ1n) is 19.1. The van der Waals surface area contributed by atoms with E-state index in [4.69, 9.17) is 9.72 Å². The fraction of sp³-hybridized carbons (Fsp3) is 0.265. The maximum absolute atomic E-state index is 6.70. The van der Waals surface area contributed by atoms with Crippen molar-refractivity contribution in [1.82, 2.24) is 14.1 Å². The van der Waals surface area contributed by atoms with E-state index >= 15 is 0 Å². The van der Waals surface area contributed by atoms with E-state index in [0.717, 1.165) is 49.0 Å². The zero-order valence-corrected chi connectivity index (χ0v) is 35.3. The number of fused-ring (bicyclic) bond motifs is 5. The number of ether oxygens (including phenoxy) is 1. The van der Waals surface area contributed by atoms with Crippen molar-refractivity contribution >= 4 is 28.2 Å². The minimum atomic E-state index is -0.314. The summed E-state index contributed by atoms with van der Waals surface area (Å²) in [4.78, 5) is 7.27. The van der Waals surface area contributed by atoms with Gasteiger partial charge in [-0.15, -0.1) is 0 Å². The standard InChI is InChI=1S/C49H46N4O.Pt/c1-32-26-27-50-43(28-32)53-41-25-24-38-44(48(6,7)49(8,9)47(38,4)5)45(41)46(2,3)37-23-22-36(30-42(37)53)54-35-19-15-18-34(29-35)52-31-51(33-16-11-10-12-17-33)39-20-13-14-21-40(39)52;/h10-28H,1-9H3;/q-2;. The van der Waals surface area contributed by atoms with E-state index in [0.29, 0.717) is 11.5 Å². The molecule has 55 heavy (non-hydrogen) atoms. The second-order valence-electron chi connectivity index (χ2n) is 17.2. The molecule has 3 heterocycles. The van der Waals surface area contributed by atoms with E-state index in [1.165, 1.54) is 22.3 Å². The number of rotatable bonds is 5. The summed E-state index contributed by atoms with van der Waals surface area (Å²) in [5.74, 6) is 2.11. The summed E-state index contributed by atoms with van der Waals surface area (Å²) in [6.07, 6.45) is 1.90. The number of hydrogen-bond donors (Lipinski definition) is 0. The van der Waals surface area contributed by atoms with Gasteiger partial charge in [-0.3, -0.25) is 0 Å². The van der Waals surface area contributed by atoms with Gasteiger partial charge in [0.2, 0.25) is 0 Å². The Bertz CT molecular complexity index is 2730. The minimum absolute atomic E-state index is 0.00859. The molecule has 0 unspecified atom stereocenters. The first kappa shape index (κ1) is 35.7. The Morgan fingerprint density at radius 1 is 0.636 bits per heavy atom. The SMILES string of the molecule is Cc1ccnc(N2c3[c-]c(Oc4[c-]c(-n5[c](=[Pt])n(-c6ccccc6)c6ccccc65)ccc4)ccc3C(C)(C)c3c2ccc2c3C(C)(C)C(C)(C)C2(C)C)c1. The van der Waals surface area contributed by atoms with Crippen LogP contribution >= 0.6 is 0 Å². The summed E-state index contributed by atoms with van der Waals surface area (Å²) in [6.45, 7) is 21.5. The summed E-state index contributed by atoms with van der Waals surface area (Å²) in [6, 6.07) is 45.6. The third-order valence-electron chi connectivity index (χ3n) is 13.3. The molecule has 2 aliphatic rings. The molecule has 5 nitrogen and oxygen atoms in total. The summed E-state index contributed by atoms with van der Waals surface area (Å²) in [5, 5.41) is 0. The van der Waals surface area contributed by atoms with Crippen molar-refractivity contribution < 1.29 is 24.1 Å². The number of benzene rings is 5. The van der Waals surface area contributed by atoms with Gasteiger partial charge in [0.1, 0.15) is 0 Å². The fourth-order valence-corrected chi connectivity index (χ4v) is 10.4. The number of para-hydroxylation sites is 3. The zero-order valence-electron chi connectivity index (χ0n) is 33.0. The van der Waals surface area contributed by atoms with Crippen LogP contribution in [0.15, 0.2) is 115 Å². The third kappa shape index (κ3) is 5.08. The van der Waals surface area contributed by atoms with Crippen LogP contribution in [-0.2, 0) is 35.6 Å². The number of nitrogens with zero attached hydrogens (tertiary/aromatic N) is 4. The van der Waals surface area contributed by atoms with E-state index in [2.05, 4.69) is 199 Å². The summed E-state index contributed by atoms with van der Waals surface area (Å²) in [7, 11) is 0. The first-order valence-corrected chi connectivity index (χ1v) is 20.2. The van der Waals surface area contributed by atoms with Crippen molar-refractivity contribution in [2.75, 3.05) is 4.90 Å². The molecule has 0 saturated carbocycles. The van der Waals surface area contributed by atoms with E-state index in [-0.39, 0.29) is 21.7 Å². The molecular formula is C49H46N4OPt-2. The molecule has 1 aliphatic carbocycles. The van der Waals surface area contributed by atoms with E-state index in [1.807, 2.05) is 24.4 Å². The fourth-order valence-electron chi connectivity index (χ4n) is 9.26. The van der Waals surface area contributed by atoms with Crippen molar-refractivity contribution in [2.45, 2.75) is 78.6 Å². The Balaban J connectivity index is 1.18. The predicted molar refractivity (Wildman–Crippen MR) is 219 cm³/mol.